The lowest BCUT2D eigenvalue weighted by atomic mass is 10.0. The van der Waals surface area contributed by atoms with Gasteiger partial charge in [-0.25, -0.2) is 0 Å². The molecule has 1 fully saturated rings. The fourth-order valence-corrected chi connectivity index (χ4v) is 3.40. The molecule has 2 aromatic carbocycles. The number of hydrogen-bond acceptors (Lipinski definition) is 2. The van der Waals surface area contributed by atoms with E-state index in [4.69, 9.17) is 6.85 Å². The number of carbonyl (C=O) groups excluding carboxylic acids is 1. The minimum absolute atomic E-state index is 0. The first-order valence-corrected chi connectivity index (χ1v) is 8.85. The van der Waals surface area contributed by atoms with Crippen molar-refractivity contribution in [3.63, 3.8) is 0 Å². The van der Waals surface area contributed by atoms with Crippen LogP contribution in [0, 0.1) is 6.92 Å². The second-order valence-electron chi connectivity index (χ2n) is 6.67. The zero-order valence-corrected chi connectivity index (χ0v) is 16.2. The lowest BCUT2D eigenvalue weighted by Gasteiger charge is -2.38. The molecule has 1 amide bonds. The van der Waals surface area contributed by atoms with Crippen molar-refractivity contribution < 1.29 is 11.6 Å². The summed E-state index contributed by atoms with van der Waals surface area (Å²) in [5, 5.41) is 0. The van der Waals surface area contributed by atoms with Crippen molar-refractivity contribution in [3.05, 3.63) is 65.6 Å². The first-order valence-electron chi connectivity index (χ1n) is 11.3. The largest absolute Gasteiger partial charge is 0.310 e. The zero-order valence-electron chi connectivity index (χ0n) is 20.3. The average molecular weight is 378 g/mol. The van der Waals surface area contributed by atoms with Crippen molar-refractivity contribution in [2.75, 3.05) is 24.5 Å². The Morgan fingerprint density at radius 3 is 2.35 bits per heavy atom. The van der Waals surface area contributed by atoms with Crippen molar-refractivity contribution in [1.29, 1.82) is 0 Å². The second kappa shape index (κ2) is 9.75. The number of halogens is 1. The van der Waals surface area contributed by atoms with Gasteiger partial charge >= 0.3 is 0 Å². The number of amides is 1. The van der Waals surface area contributed by atoms with Gasteiger partial charge < -0.3 is 9.80 Å². The topological polar surface area (TPSA) is 23.6 Å². The highest BCUT2D eigenvalue weighted by atomic mass is 35.5. The van der Waals surface area contributed by atoms with Crippen LogP contribution in [0.25, 0.3) is 0 Å². The highest BCUT2D eigenvalue weighted by Crippen LogP contribution is 2.24. The van der Waals surface area contributed by atoms with Crippen LogP contribution in [-0.4, -0.2) is 36.5 Å². The van der Waals surface area contributed by atoms with Crippen LogP contribution < -0.4 is 4.90 Å². The summed E-state index contributed by atoms with van der Waals surface area (Å²) in [4.78, 5) is 16.2. The van der Waals surface area contributed by atoms with E-state index in [9.17, 15) is 4.79 Å². The maximum atomic E-state index is 12.5. The van der Waals surface area contributed by atoms with Crippen LogP contribution in [0.4, 0.5) is 5.69 Å². The summed E-state index contributed by atoms with van der Waals surface area (Å²) < 4.78 is 40.0. The molecule has 4 heteroatoms. The molecule has 0 saturated carbocycles. The van der Waals surface area contributed by atoms with Gasteiger partial charge in [-0.3, -0.25) is 4.79 Å². The first kappa shape index (κ1) is 14.2. The van der Waals surface area contributed by atoms with Gasteiger partial charge in [-0.1, -0.05) is 48.0 Å². The maximum Gasteiger partial charge on any atom is 0.224 e. The second-order valence-corrected chi connectivity index (χ2v) is 6.67. The molecule has 0 N–H and O–H groups in total. The lowest BCUT2D eigenvalue weighted by Crippen LogP contribution is -2.47. The van der Waals surface area contributed by atoms with Crippen molar-refractivity contribution in [1.82, 2.24) is 4.90 Å². The SMILES string of the molecule is Cl.[2H]c1c([2H])c([2H])c(N(C(C)=O)C2CCN(CCc3ccc(C)cc3)CC2)c([2H])c1[2H]. The van der Waals surface area contributed by atoms with Crippen molar-refractivity contribution in [2.45, 2.75) is 39.2 Å². The molecule has 2 aromatic rings. The fourth-order valence-electron chi connectivity index (χ4n) is 3.40. The van der Waals surface area contributed by atoms with E-state index >= 15 is 0 Å². The van der Waals surface area contributed by atoms with E-state index in [0.29, 0.717) is 12.8 Å². The molecule has 3 rings (SSSR count). The Morgan fingerprint density at radius 2 is 1.77 bits per heavy atom. The van der Waals surface area contributed by atoms with Gasteiger partial charge in [-0.2, -0.15) is 0 Å². The molecule has 1 saturated heterocycles. The van der Waals surface area contributed by atoms with Crippen LogP contribution in [0.3, 0.4) is 0 Å². The summed E-state index contributed by atoms with van der Waals surface area (Å²) in [7, 11) is 0. The standard InChI is InChI=1S/C22H28N2O.ClH/c1-18-8-10-20(11-9-18)12-15-23-16-13-22(14-17-23)24(19(2)25)21-6-4-3-5-7-21;/h3-11,22H,12-17H2,1-2H3;1H/i3D,4D,5D,6D,7D;. The molecular weight excluding hydrogens is 344 g/mol. The summed E-state index contributed by atoms with van der Waals surface area (Å²) >= 11 is 0. The molecule has 0 bridgehead atoms. The summed E-state index contributed by atoms with van der Waals surface area (Å²) in [5.74, 6) is -0.299. The molecule has 0 unspecified atom stereocenters. The predicted molar refractivity (Wildman–Crippen MR) is 111 cm³/mol. The van der Waals surface area contributed by atoms with Gasteiger partial charge in [0.25, 0.3) is 0 Å². The molecular formula is C22H29ClN2O. The Hall–Kier alpha value is -1.84. The Labute approximate surface area is 170 Å². The van der Waals surface area contributed by atoms with Crippen molar-refractivity contribution >= 4 is 24.0 Å². The van der Waals surface area contributed by atoms with Crippen LogP contribution in [0.15, 0.2) is 54.5 Å². The minimum atomic E-state index is -0.442. The molecule has 26 heavy (non-hydrogen) atoms. The molecule has 1 aliphatic rings. The van der Waals surface area contributed by atoms with Crippen LogP contribution in [0.1, 0.15) is 37.7 Å². The third-order valence-corrected chi connectivity index (χ3v) is 4.83. The van der Waals surface area contributed by atoms with Crippen LogP contribution in [0.2, 0.25) is 0 Å². The number of hydrogen-bond donors (Lipinski definition) is 0. The zero-order chi connectivity index (χ0) is 22.0. The maximum absolute atomic E-state index is 12.5. The number of carbonyl (C=O) groups is 1. The molecule has 140 valence electrons. The molecule has 0 spiro atoms. The third-order valence-electron chi connectivity index (χ3n) is 4.83. The predicted octanol–water partition coefficient (Wildman–Crippen LogP) is 4.48. The number of rotatable bonds is 5. The highest BCUT2D eigenvalue weighted by Gasteiger charge is 2.27. The van der Waals surface area contributed by atoms with Crippen molar-refractivity contribution in [3.8, 4) is 0 Å². The van der Waals surface area contributed by atoms with Crippen LogP contribution in [-0.2, 0) is 11.2 Å². The summed E-state index contributed by atoms with van der Waals surface area (Å²) in [5.41, 5.74) is 2.54. The summed E-state index contributed by atoms with van der Waals surface area (Å²) in [6, 6.07) is 6.45. The first-order chi connectivity index (χ1) is 14.2. The summed E-state index contributed by atoms with van der Waals surface area (Å²) in [6.07, 6.45) is 2.37. The van der Waals surface area contributed by atoms with Crippen molar-refractivity contribution in [2.24, 2.45) is 0 Å². The third kappa shape index (κ3) is 5.33. The van der Waals surface area contributed by atoms with Gasteiger partial charge in [0.15, 0.2) is 0 Å². The number of aryl methyl sites for hydroxylation is 1. The number of anilines is 1. The summed E-state index contributed by atoms with van der Waals surface area (Å²) in [6.45, 7) is 6.01. The molecule has 0 aromatic heterocycles. The molecule has 1 heterocycles. The Bertz CT molecular complexity index is 901. The molecule has 3 nitrogen and oxygen atoms in total. The highest BCUT2D eigenvalue weighted by molar-refractivity contribution is 5.92. The monoisotopic (exact) mass is 377 g/mol. The van der Waals surface area contributed by atoms with E-state index < -0.39 is 18.1 Å². The van der Waals surface area contributed by atoms with Crippen LogP contribution in [0.5, 0.6) is 0 Å². The Morgan fingerprint density at radius 1 is 1.15 bits per heavy atom. The number of benzene rings is 2. The van der Waals surface area contributed by atoms with E-state index in [1.807, 2.05) is 0 Å². The quantitative estimate of drug-likeness (QED) is 0.767. The van der Waals surface area contributed by atoms with E-state index in [1.165, 1.54) is 23.0 Å². The van der Waals surface area contributed by atoms with Gasteiger partial charge in [-0.15, -0.1) is 12.4 Å². The molecule has 1 aliphatic heterocycles. The number of piperidine rings is 1. The van der Waals surface area contributed by atoms with E-state index in [0.717, 1.165) is 26.1 Å². The number of likely N-dealkylation sites (tertiary alicyclic amines) is 1. The van der Waals surface area contributed by atoms with Gasteiger partial charge in [0.1, 0.15) is 0 Å². The van der Waals surface area contributed by atoms with Crippen LogP contribution >= 0.6 is 12.4 Å². The Kier molecular flexibility index (Phi) is 5.34. The average Bonchev–Trinajstić information content (AvgIpc) is 2.74. The fraction of sp³-hybridized carbons (Fsp3) is 0.409. The smallest absolute Gasteiger partial charge is 0.224 e. The van der Waals surface area contributed by atoms with E-state index in [1.54, 1.807) is 0 Å². The lowest BCUT2D eigenvalue weighted by molar-refractivity contribution is -0.117. The molecule has 0 atom stereocenters. The normalized spacial score (nSPS) is 18.0. The Balaban J connectivity index is 0.00000341. The van der Waals surface area contributed by atoms with Gasteiger partial charge in [0, 0.05) is 38.3 Å². The molecule has 0 radical (unpaired) electrons. The van der Waals surface area contributed by atoms with E-state index in [2.05, 4.69) is 36.1 Å². The van der Waals surface area contributed by atoms with Gasteiger partial charge in [0.2, 0.25) is 5.91 Å². The number of para-hydroxylation sites is 1. The molecule has 0 aliphatic carbocycles. The van der Waals surface area contributed by atoms with Gasteiger partial charge in [-0.05, 0) is 43.8 Å². The number of nitrogens with zero attached hydrogens (tertiary/aromatic N) is 2. The minimum Gasteiger partial charge on any atom is -0.310 e. The van der Waals surface area contributed by atoms with E-state index in [-0.39, 0.29) is 42.1 Å². The van der Waals surface area contributed by atoms with Gasteiger partial charge in [0.05, 0.1) is 6.85 Å².